The van der Waals surface area contributed by atoms with Crippen LogP contribution in [0.25, 0.3) is 0 Å². The van der Waals surface area contributed by atoms with Crippen molar-refractivity contribution in [3.63, 3.8) is 0 Å². The van der Waals surface area contributed by atoms with E-state index in [-0.39, 0.29) is 11.7 Å². The molecule has 0 saturated carbocycles. The molecule has 3 atom stereocenters. The maximum atomic E-state index is 13.2. The van der Waals surface area contributed by atoms with Crippen LogP contribution >= 0.6 is 0 Å². The van der Waals surface area contributed by atoms with E-state index in [0.29, 0.717) is 12.0 Å². The molecule has 0 aromatic heterocycles. The number of para-hydroxylation sites is 1. The van der Waals surface area contributed by atoms with Gasteiger partial charge in [-0.05, 0) is 24.0 Å². The number of allylic oxidation sites excluding steroid dienone is 1. The molecule has 0 spiro atoms. The molecule has 1 aliphatic rings. The smallest absolute Gasteiger partial charge is 0.417 e. The second kappa shape index (κ2) is 7.36. The third kappa shape index (κ3) is 3.98. The number of dihydropyridines is 1. The Morgan fingerprint density at radius 3 is 2.35 bits per heavy atom. The van der Waals surface area contributed by atoms with Crippen molar-refractivity contribution in [3.05, 3.63) is 77.4 Å². The predicted octanol–water partition coefficient (Wildman–Crippen LogP) is 5.50. The molecule has 0 radical (unpaired) electrons. The highest BCUT2D eigenvalue weighted by molar-refractivity contribution is 5.81. The van der Waals surface area contributed by atoms with Crippen molar-refractivity contribution in [1.82, 2.24) is 0 Å². The molecule has 2 nitrogen and oxygen atoms in total. The molecule has 0 fully saturated rings. The lowest BCUT2D eigenvalue weighted by molar-refractivity contribution is -0.0865. The van der Waals surface area contributed by atoms with Gasteiger partial charge in [0.1, 0.15) is 5.75 Å². The van der Waals surface area contributed by atoms with E-state index in [2.05, 4.69) is 4.99 Å². The lowest BCUT2D eigenvalue weighted by atomic mass is 9.78. The number of alkyl halides is 3. The number of benzene rings is 2. The largest absolute Gasteiger partial charge is 0.508 e. The van der Waals surface area contributed by atoms with Gasteiger partial charge < -0.3 is 5.11 Å². The second-order valence-corrected chi connectivity index (χ2v) is 6.65. The van der Waals surface area contributed by atoms with Gasteiger partial charge in [-0.15, -0.1) is 0 Å². The summed E-state index contributed by atoms with van der Waals surface area (Å²) in [6.45, 7) is 1.93. The van der Waals surface area contributed by atoms with E-state index in [1.54, 1.807) is 18.2 Å². The highest BCUT2D eigenvalue weighted by atomic mass is 19.4. The van der Waals surface area contributed by atoms with E-state index >= 15 is 0 Å². The lowest BCUT2D eigenvalue weighted by Gasteiger charge is -2.31. The van der Waals surface area contributed by atoms with Gasteiger partial charge in [-0.2, -0.15) is 13.2 Å². The van der Waals surface area contributed by atoms with Crippen LogP contribution in [0, 0.1) is 11.8 Å². The van der Waals surface area contributed by atoms with Crippen LogP contribution in [-0.2, 0) is 6.42 Å². The van der Waals surface area contributed by atoms with E-state index in [4.69, 9.17) is 0 Å². The first-order valence-corrected chi connectivity index (χ1v) is 8.50. The van der Waals surface area contributed by atoms with Crippen LogP contribution in [0.2, 0.25) is 0 Å². The summed E-state index contributed by atoms with van der Waals surface area (Å²) in [5, 5.41) is 10.2. The van der Waals surface area contributed by atoms with Crippen molar-refractivity contribution in [2.45, 2.75) is 25.6 Å². The van der Waals surface area contributed by atoms with Gasteiger partial charge in [0, 0.05) is 17.7 Å². The van der Waals surface area contributed by atoms with E-state index < -0.39 is 23.7 Å². The van der Waals surface area contributed by atoms with Gasteiger partial charge in [0.15, 0.2) is 0 Å². The number of phenolic OH excluding ortho intramolecular Hbond substituents is 1. The van der Waals surface area contributed by atoms with Gasteiger partial charge in [0.25, 0.3) is 0 Å². The van der Waals surface area contributed by atoms with Gasteiger partial charge in [-0.3, -0.25) is 4.99 Å². The molecule has 26 heavy (non-hydrogen) atoms. The Kier molecular flexibility index (Phi) is 5.16. The summed E-state index contributed by atoms with van der Waals surface area (Å²) in [7, 11) is 0. The first-order chi connectivity index (χ1) is 12.4. The van der Waals surface area contributed by atoms with Crippen LogP contribution in [0.5, 0.6) is 5.75 Å². The van der Waals surface area contributed by atoms with E-state index in [0.717, 1.165) is 11.8 Å². The molecule has 1 N–H and O–H groups in total. The average Bonchev–Trinajstić information content (AvgIpc) is 2.62. The van der Waals surface area contributed by atoms with Crippen molar-refractivity contribution in [2.24, 2.45) is 16.8 Å². The number of halogens is 3. The maximum absolute atomic E-state index is 13.2. The second-order valence-electron chi connectivity index (χ2n) is 6.65. The minimum atomic E-state index is -4.43. The van der Waals surface area contributed by atoms with E-state index in [1.807, 2.05) is 37.3 Å². The highest BCUT2D eigenvalue weighted by Crippen LogP contribution is 2.42. The normalized spacial score (nSPS) is 21.3. The third-order valence-electron chi connectivity index (χ3n) is 4.75. The maximum Gasteiger partial charge on any atom is 0.417 e. The fourth-order valence-electron chi connectivity index (χ4n) is 3.39. The zero-order valence-corrected chi connectivity index (χ0v) is 14.3. The zero-order valence-electron chi connectivity index (χ0n) is 14.3. The molecule has 0 aliphatic carbocycles. The zero-order chi connectivity index (χ0) is 18.7. The van der Waals surface area contributed by atoms with Gasteiger partial charge >= 0.3 is 6.18 Å². The van der Waals surface area contributed by atoms with Crippen molar-refractivity contribution in [3.8, 4) is 5.75 Å². The molecule has 3 rings (SSSR count). The molecule has 0 saturated heterocycles. The topological polar surface area (TPSA) is 32.6 Å². The number of aromatic hydroxyl groups is 1. The summed E-state index contributed by atoms with van der Waals surface area (Å²) in [5.74, 6) is -0.502. The molecule has 2 aromatic rings. The minimum absolute atomic E-state index is 0.0513. The summed E-state index contributed by atoms with van der Waals surface area (Å²) in [5.41, 5.74) is 0.882. The fraction of sp³-hybridized carbons (Fsp3) is 0.286. The number of rotatable bonds is 4. The van der Waals surface area contributed by atoms with Gasteiger partial charge in [-0.25, -0.2) is 0 Å². The van der Waals surface area contributed by atoms with Crippen molar-refractivity contribution in [1.29, 1.82) is 0 Å². The Bertz CT molecular complexity index is 812. The van der Waals surface area contributed by atoms with E-state index in [1.165, 1.54) is 12.1 Å². The van der Waals surface area contributed by atoms with E-state index in [9.17, 15) is 18.3 Å². The lowest BCUT2D eigenvalue weighted by Crippen LogP contribution is -2.26. The molecule has 5 heteroatoms. The summed E-state index contributed by atoms with van der Waals surface area (Å²) >= 11 is 0. The Morgan fingerprint density at radius 2 is 1.69 bits per heavy atom. The Balaban J connectivity index is 1.95. The molecule has 2 unspecified atom stereocenters. The SMILES string of the molecule is CC(Cc1ccccc1)C1C=C(C(F)(F)F)C=N[C@H]1c1ccccc1O. The Hall–Kier alpha value is -2.56. The number of nitrogens with zero attached hydrogens (tertiary/aromatic N) is 1. The standard InChI is InChI=1S/C21H20F3NO/c1-14(11-15-7-3-2-4-8-15)18-12-16(21(22,23)24)13-25-20(18)17-9-5-6-10-19(17)26/h2-10,12-14,18,20,26H,11H2,1H3/t14?,18?,20-/m0/s1. The minimum Gasteiger partial charge on any atom is -0.508 e. The van der Waals surface area contributed by atoms with Crippen LogP contribution in [-0.4, -0.2) is 17.5 Å². The van der Waals surface area contributed by atoms with Crippen molar-refractivity contribution in [2.75, 3.05) is 0 Å². The molecular weight excluding hydrogens is 339 g/mol. The molecule has 2 aromatic carbocycles. The molecule has 0 amide bonds. The first kappa shape index (κ1) is 18.2. The van der Waals surface area contributed by atoms with Crippen LogP contribution < -0.4 is 0 Å². The average molecular weight is 359 g/mol. The fourth-order valence-corrected chi connectivity index (χ4v) is 3.39. The quantitative estimate of drug-likeness (QED) is 0.768. The summed E-state index contributed by atoms with van der Waals surface area (Å²) in [6, 6.07) is 15.8. The van der Waals surface area contributed by atoms with Crippen molar-refractivity contribution < 1.29 is 18.3 Å². The molecule has 0 bridgehead atoms. The summed E-state index contributed by atoms with van der Waals surface area (Å²) in [6.07, 6.45) is -1.66. The molecule has 136 valence electrons. The van der Waals surface area contributed by atoms with Crippen LogP contribution in [0.1, 0.15) is 24.1 Å². The molecule has 1 heterocycles. The van der Waals surface area contributed by atoms with Gasteiger partial charge in [0.2, 0.25) is 0 Å². The van der Waals surface area contributed by atoms with Crippen LogP contribution in [0.4, 0.5) is 13.2 Å². The number of hydrogen-bond donors (Lipinski definition) is 1. The van der Waals surface area contributed by atoms with Crippen LogP contribution in [0.3, 0.4) is 0 Å². The number of phenols is 1. The molecule has 1 aliphatic heterocycles. The van der Waals surface area contributed by atoms with Crippen molar-refractivity contribution >= 4 is 6.21 Å². The number of aliphatic imine (C=N–C) groups is 1. The third-order valence-corrected chi connectivity index (χ3v) is 4.75. The highest BCUT2D eigenvalue weighted by Gasteiger charge is 2.38. The van der Waals surface area contributed by atoms with Gasteiger partial charge in [-0.1, -0.05) is 61.5 Å². The summed E-state index contributed by atoms with van der Waals surface area (Å²) < 4.78 is 39.6. The molecular formula is C21H20F3NO. The van der Waals surface area contributed by atoms with Crippen LogP contribution in [0.15, 0.2) is 71.2 Å². The first-order valence-electron chi connectivity index (χ1n) is 8.50. The number of hydrogen-bond acceptors (Lipinski definition) is 2. The summed E-state index contributed by atoms with van der Waals surface area (Å²) in [4.78, 5) is 4.18. The van der Waals surface area contributed by atoms with Gasteiger partial charge in [0.05, 0.1) is 11.6 Å². The Morgan fingerprint density at radius 1 is 1.04 bits per heavy atom. The predicted molar refractivity (Wildman–Crippen MR) is 96.3 cm³/mol. The monoisotopic (exact) mass is 359 g/mol. The Labute approximate surface area is 150 Å².